The molecule has 5 nitrogen and oxygen atoms in total. The second-order valence-corrected chi connectivity index (χ2v) is 2.66. The van der Waals surface area contributed by atoms with Gasteiger partial charge >= 0.3 is 5.97 Å². The van der Waals surface area contributed by atoms with Crippen LogP contribution in [-0.2, 0) is 14.4 Å². The van der Waals surface area contributed by atoms with E-state index in [1.807, 2.05) is 0 Å². The van der Waals surface area contributed by atoms with Crippen molar-refractivity contribution in [3.63, 3.8) is 0 Å². The molecule has 1 N–H and O–H groups in total. The number of oxime groups is 1. The topological polar surface area (TPSA) is 68.1 Å². The van der Waals surface area contributed by atoms with Crippen molar-refractivity contribution in [2.75, 3.05) is 14.2 Å². The molecule has 0 aliphatic carbocycles. The molecule has 0 heterocycles. The molecule has 0 atom stereocenters. The highest BCUT2D eigenvalue weighted by Crippen LogP contribution is 2.12. The number of aromatic hydroxyl groups is 1. The molecule has 0 saturated heterocycles. The number of benzene rings is 1. The van der Waals surface area contributed by atoms with Gasteiger partial charge in [-0.1, -0.05) is 17.3 Å². The van der Waals surface area contributed by atoms with Crippen LogP contribution in [-0.4, -0.2) is 31.0 Å². The Hall–Kier alpha value is -2.04. The number of hydrogen-bond acceptors (Lipinski definition) is 5. The van der Waals surface area contributed by atoms with E-state index in [4.69, 9.17) is 0 Å². The van der Waals surface area contributed by atoms with Crippen LogP contribution in [0.2, 0.25) is 0 Å². The summed E-state index contributed by atoms with van der Waals surface area (Å²) >= 11 is 0. The number of hydrogen-bond donors (Lipinski definition) is 1. The highest BCUT2D eigenvalue weighted by Gasteiger charge is 2.15. The number of carbonyl (C=O) groups is 1. The van der Waals surface area contributed by atoms with Crippen LogP contribution in [0.5, 0.6) is 5.75 Å². The maximum absolute atomic E-state index is 11.3. The van der Waals surface area contributed by atoms with Gasteiger partial charge in [0.25, 0.3) is 0 Å². The fourth-order valence-electron chi connectivity index (χ4n) is 1.05. The second kappa shape index (κ2) is 4.99. The summed E-state index contributed by atoms with van der Waals surface area (Å²) in [6.45, 7) is 0. The Morgan fingerprint density at radius 1 is 1.40 bits per heavy atom. The van der Waals surface area contributed by atoms with Gasteiger partial charge in [-0.2, -0.15) is 0 Å². The summed E-state index contributed by atoms with van der Waals surface area (Å²) in [5, 5.41) is 12.8. The molecule has 0 unspecified atom stereocenters. The zero-order valence-electron chi connectivity index (χ0n) is 8.43. The highest BCUT2D eigenvalue weighted by molar-refractivity contribution is 6.43. The smallest absolute Gasteiger partial charge is 0.360 e. The number of esters is 1. The van der Waals surface area contributed by atoms with Crippen LogP contribution < -0.4 is 0 Å². The van der Waals surface area contributed by atoms with E-state index < -0.39 is 5.97 Å². The van der Waals surface area contributed by atoms with Gasteiger partial charge in [0, 0.05) is 5.56 Å². The van der Waals surface area contributed by atoms with Gasteiger partial charge in [0.15, 0.2) is 5.71 Å². The number of phenolic OH excluding ortho intramolecular Hbond substituents is 1. The number of ether oxygens (including phenoxy) is 1. The van der Waals surface area contributed by atoms with Gasteiger partial charge in [0.2, 0.25) is 0 Å². The lowest BCUT2D eigenvalue weighted by Crippen LogP contribution is -2.17. The number of carbonyl (C=O) groups excluding carboxylic acids is 1. The normalized spacial score (nSPS) is 10.9. The van der Waals surface area contributed by atoms with Gasteiger partial charge in [0.1, 0.15) is 12.9 Å². The van der Waals surface area contributed by atoms with Crippen molar-refractivity contribution in [1.29, 1.82) is 0 Å². The predicted octanol–water partition coefficient (Wildman–Crippen LogP) is 0.916. The van der Waals surface area contributed by atoms with Crippen LogP contribution in [0.3, 0.4) is 0 Å². The summed E-state index contributed by atoms with van der Waals surface area (Å²) in [6, 6.07) is 6.10. The first-order valence-electron chi connectivity index (χ1n) is 4.18. The van der Waals surface area contributed by atoms with Crippen molar-refractivity contribution in [2.24, 2.45) is 5.16 Å². The lowest BCUT2D eigenvalue weighted by atomic mass is 10.1. The zero-order valence-corrected chi connectivity index (χ0v) is 8.43. The molecule has 0 aromatic heterocycles. The van der Waals surface area contributed by atoms with Crippen molar-refractivity contribution in [2.45, 2.75) is 0 Å². The quantitative estimate of drug-likeness (QED) is 0.456. The molecule has 0 spiro atoms. The fourth-order valence-corrected chi connectivity index (χ4v) is 1.05. The van der Waals surface area contributed by atoms with Crippen LogP contribution >= 0.6 is 0 Å². The van der Waals surface area contributed by atoms with Crippen LogP contribution in [0.15, 0.2) is 29.4 Å². The molecule has 0 aliphatic rings. The first-order valence-corrected chi connectivity index (χ1v) is 4.18. The van der Waals surface area contributed by atoms with E-state index in [0.29, 0.717) is 5.56 Å². The molecule has 5 heteroatoms. The molecular formula is C10H11NO4. The van der Waals surface area contributed by atoms with Gasteiger partial charge in [-0.25, -0.2) is 4.79 Å². The molecule has 1 aromatic rings. The Kier molecular flexibility index (Phi) is 3.68. The van der Waals surface area contributed by atoms with Gasteiger partial charge in [-0.3, -0.25) is 0 Å². The summed E-state index contributed by atoms with van der Waals surface area (Å²) in [6.07, 6.45) is 0. The third kappa shape index (κ3) is 2.70. The lowest BCUT2D eigenvalue weighted by Gasteiger charge is -2.03. The van der Waals surface area contributed by atoms with E-state index in [-0.39, 0.29) is 11.5 Å². The van der Waals surface area contributed by atoms with Crippen LogP contribution in [0, 0.1) is 0 Å². The Morgan fingerprint density at radius 2 is 2.13 bits per heavy atom. The van der Waals surface area contributed by atoms with E-state index in [0.717, 1.165) is 0 Å². The highest BCUT2D eigenvalue weighted by atomic mass is 16.6. The van der Waals surface area contributed by atoms with Crippen LogP contribution in [0.4, 0.5) is 0 Å². The number of methoxy groups -OCH3 is 1. The van der Waals surface area contributed by atoms with Crippen LogP contribution in [0.25, 0.3) is 0 Å². The first-order chi connectivity index (χ1) is 7.19. The average molecular weight is 209 g/mol. The lowest BCUT2D eigenvalue weighted by molar-refractivity contribution is -0.132. The Bertz CT molecular complexity index is 387. The maximum Gasteiger partial charge on any atom is 0.360 e. The standard InChI is InChI=1S/C10H11NO4/c1-14-10(13)9(11-15-2)7-4-3-5-8(12)6-7/h3-6,12H,1-2H3/b11-9+. The SMILES string of the molecule is CO/N=C(/C(=O)OC)c1cccc(O)c1. The molecule has 1 aromatic carbocycles. The maximum atomic E-state index is 11.3. The molecule has 0 radical (unpaired) electrons. The van der Waals surface area contributed by atoms with E-state index in [2.05, 4.69) is 14.7 Å². The van der Waals surface area contributed by atoms with E-state index in [9.17, 15) is 9.90 Å². The summed E-state index contributed by atoms with van der Waals surface area (Å²) in [5.74, 6) is -0.581. The van der Waals surface area contributed by atoms with E-state index in [1.54, 1.807) is 12.1 Å². The molecule has 15 heavy (non-hydrogen) atoms. The van der Waals surface area contributed by atoms with Crippen molar-refractivity contribution < 1.29 is 19.5 Å². The Labute approximate surface area is 86.9 Å². The molecule has 80 valence electrons. The third-order valence-electron chi connectivity index (χ3n) is 1.68. The van der Waals surface area contributed by atoms with Gasteiger partial charge in [-0.05, 0) is 12.1 Å². The minimum atomic E-state index is -0.623. The molecular weight excluding hydrogens is 198 g/mol. The average Bonchev–Trinajstić information content (AvgIpc) is 2.25. The first kappa shape index (κ1) is 11.0. The monoisotopic (exact) mass is 209 g/mol. The number of rotatable bonds is 3. The molecule has 1 rings (SSSR count). The number of nitrogens with zero attached hydrogens (tertiary/aromatic N) is 1. The van der Waals surface area contributed by atoms with Crippen molar-refractivity contribution in [3.8, 4) is 5.75 Å². The molecule has 0 aliphatic heterocycles. The van der Waals surface area contributed by atoms with Crippen molar-refractivity contribution in [1.82, 2.24) is 0 Å². The molecule has 0 fully saturated rings. The molecule has 0 amide bonds. The van der Waals surface area contributed by atoms with Gasteiger partial charge in [-0.15, -0.1) is 0 Å². The fraction of sp³-hybridized carbons (Fsp3) is 0.200. The molecule has 0 bridgehead atoms. The van der Waals surface area contributed by atoms with Crippen LogP contribution in [0.1, 0.15) is 5.56 Å². The summed E-state index contributed by atoms with van der Waals surface area (Å²) in [7, 11) is 2.57. The predicted molar refractivity (Wildman–Crippen MR) is 53.7 cm³/mol. The van der Waals surface area contributed by atoms with Gasteiger partial charge in [0.05, 0.1) is 7.11 Å². The Balaban J connectivity index is 3.10. The third-order valence-corrected chi connectivity index (χ3v) is 1.68. The molecule has 0 saturated carbocycles. The summed E-state index contributed by atoms with van der Waals surface area (Å²) in [4.78, 5) is 15.8. The summed E-state index contributed by atoms with van der Waals surface area (Å²) in [5.41, 5.74) is 0.444. The van der Waals surface area contributed by atoms with Gasteiger partial charge < -0.3 is 14.7 Å². The van der Waals surface area contributed by atoms with E-state index in [1.165, 1.54) is 26.4 Å². The van der Waals surface area contributed by atoms with Crippen molar-refractivity contribution >= 4 is 11.7 Å². The second-order valence-electron chi connectivity index (χ2n) is 2.66. The summed E-state index contributed by atoms with van der Waals surface area (Å²) < 4.78 is 4.53. The minimum absolute atomic E-state index is 0.0101. The Morgan fingerprint density at radius 3 is 2.67 bits per heavy atom. The number of phenols is 1. The largest absolute Gasteiger partial charge is 0.508 e. The van der Waals surface area contributed by atoms with E-state index >= 15 is 0 Å². The minimum Gasteiger partial charge on any atom is -0.508 e. The van der Waals surface area contributed by atoms with Crippen molar-refractivity contribution in [3.05, 3.63) is 29.8 Å². The zero-order chi connectivity index (χ0) is 11.3.